The lowest BCUT2D eigenvalue weighted by Gasteiger charge is -2.19. The molecule has 3 heteroatoms. The standard InChI is InChI=1S/C10H19N3/c1-7-9(8(2)13-12-7)11-6-10(3,4)5/h11H,6H2,1-5H3,(H,12,13). The predicted molar refractivity (Wildman–Crippen MR) is 56.0 cm³/mol. The number of nitrogens with zero attached hydrogens (tertiary/aromatic N) is 1. The number of aryl methyl sites for hydroxylation is 2. The Kier molecular flexibility index (Phi) is 2.64. The molecule has 0 unspecified atom stereocenters. The van der Waals surface area contributed by atoms with E-state index in [1.165, 1.54) is 0 Å². The fraction of sp³-hybridized carbons (Fsp3) is 0.700. The Morgan fingerprint density at radius 1 is 1.31 bits per heavy atom. The first-order valence-corrected chi connectivity index (χ1v) is 4.65. The van der Waals surface area contributed by atoms with E-state index in [1.807, 2.05) is 13.8 Å². The van der Waals surface area contributed by atoms with Gasteiger partial charge in [0.05, 0.1) is 17.1 Å². The molecule has 0 saturated carbocycles. The van der Waals surface area contributed by atoms with Crippen LogP contribution in [-0.4, -0.2) is 16.7 Å². The minimum atomic E-state index is 0.302. The molecule has 0 aromatic carbocycles. The Bertz CT molecular complexity index is 261. The summed E-state index contributed by atoms with van der Waals surface area (Å²) < 4.78 is 0. The smallest absolute Gasteiger partial charge is 0.0825 e. The van der Waals surface area contributed by atoms with Crippen molar-refractivity contribution in [3.8, 4) is 0 Å². The average molecular weight is 181 g/mol. The first kappa shape index (κ1) is 10.1. The van der Waals surface area contributed by atoms with Crippen LogP contribution in [0.1, 0.15) is 32.2 Å². The Morgan fingerprint density at radius 3 is 2.31 bits per heavy atom. The second-order valence-corrected chi connectivity index (χ2v) is 4.72. The largest absolute Gasteiger partial charge is 0.382 e. The van der Waals surface area contributed by atoms with Gasteiger partial charge in [-0.2, -0.15) is 5.10 Å². The topological polar surface area (TPSA) is 40.7 Å². The van der Waals surface area contributed by atoms with E-state index in [0.29, 0.717) is 5.41 Å². The van der Waals surface area contributed by atoms with Crippen molar-refractivity contribution in [1.82, 2.24) is 10.2 Å². The summed E-state index contributed by atoms with van der Waals surface area (Å²) >= 11 is 0. The van der Waals surface area contributed by atoms with Crippen LogP contribution in [0.3, 0.4) is 0 Å². The van der Waals surface area contributed by atoms with E-state index in [1.54, 1.807) is 0 Å². The van der Waals surface area contributed by atoms with Gasteiger partial charge in [-0.1, -0.05) is 20.8 Å². The van der Waals surface area contributed by atoms with Crippen LogP contribution in [0.5, 0.6) is 0 Å². The van der Waals surface area contributed by atoms with Gasteiger partial charge in [0.25, 0.3) is 0 Å². The maximum absolute atomic E-state index is 4.13. The molecule has 0 saturated heterocycles. The zero-order valence-electron chi connectivity index (χ0n) is 9.15. The summed E-state index contributed by atoms with van der Waals surface area (Å²) in [7, 11) is 0. The molecule has 1 rings (SSSR count). The van der Waals surface area contributed by atoms with E-state index >= 15 is 0 Å². The molecule has 0 atom stereocenters. The minimum Gasteiger partial charge on any atom is -0.382 e. The van der Waals surface area contributed by atoms with Crippen molar-refractivity contribution < 1.29 is 0 Å². The molecule has 2 N–H and O–H groups in total. The third kappa shape index (κ3) is 2.76. The van der Waals surface area contributed by atoms with Crippen molar-refractivity contribution in [1.29, 1.82) is 0 Å². The van der Waals surface area contributed by atoms with E-state index in [2.05, 4.69) is 36.3 Å². The average Bonchev–Trinajstić information content (AvgIpc) is 2.27. The number of anilines is 1. The SMILES string of the molecule is Cc1n[nH]c(C)c1NCC(C)(C)C. The third-order valence-corrected chi connectivity index (χ3v) is 1.92. The van der Waals surface area contributed by atoms with Gasteiger partial charge in [-0.15, -0.1) is 0 Å². The maximum atomic E-state index is 4.13. The monoisotopic (exact) mass is 181 g/mol. The zero-order chi connectivity index (χ0) is 10.1. The van der Waals surface area contributed by atoms with Crippen LogP contribution in [0.25, 0.3) is 0 Å². The number of aromatic amines is 1. The van der Waals surface area contributed by atoms with Crippen molar-refractivity contribution in [2.24, 2.45) is 5.41 Å². The Hall–Kier alpha value is -0.990. The zero-order valence-corrected chi connectivity index (χ0v) is 9.15. The molecule has 0 aliphatic rings. The van der Waals surface area contributed by atoms with E-state index < -0.39 is 0 Å². The fourth-order valence-electron chi connectivity index (χ4n) is 1.16. The van der Waals surface area contributed by atoms with Crippen LogP contribution in [0.2, 0.25) is 0 Å². The molecule has 0 spiro atoms. The van der Waals surface area contributed by atoms with Gasteiger partial charge in [0.1, 0.15) is 0 Å². The van der Waals surface area contributed by atoms with Crippen LogP contribution in [0.4, 0.5) is 5.69 Å². The highest BCUT2D eigenvalue weighted by atomic mass is 15.1. The summed E-state index contributed by atoms with van der Waals surface area (Å²) in [6, 6.07) is 0. The maximum Gasteiger partial charge on any atom is 0.0825 e. The minimum absolute atomic E-state index is 0.302. The number of H-pyrrole nitrogens is 1. The van der Waals surface area contributed by atoms with Gasteiger partial charge in [0, 0.05) is 6.54 Å². The van der Waals surface area contributed by atoms with Gasteiger partial charge in [-0.05, 0) is 19.3 Å². The van der Waals surface area contributed by atoms with Gasteiger partial charge < -0.3 is 5.32 Å². The Labute approximate surface area is 79.9 Å². The predicted octanol–water partition coefficient (Wildman–Crippen LogP) is 2.48. The molecule has 0 aliphatic heterocycles. The summed E-state index contributed by atoms with van der Waals surface area (Å²) in [6.07, 6.45) is 0. The van der Waals surface area contributed by atoms with Crippen molar-refractivity contribution in [2.75, 3.05) is 11.9 Å². The quantitative estimate of drug-likeness (QED) is 0.736. The van der Waals surface area contributed by atoms with Crippen molar-refractivity contribution >= 4 is 5.69 Å². The number of aromatic nitrogens is 2. The lowest BCUT2D eigenvalue weighted by molar-refractivity contribution is 0.443. The molecule has 1 aromatic rings. The normalized spacial score (nSPS) is 11.8. The van der Waals surface area contributed by atoms with Gasteiger partial charge >= 0.3 is 0 Å². The van der Waals surface area contributed by atoms with Crippen LogP contribution in [-0.2, 0) is 0 Å². The second-order valence-electron chi connectivity index (χ2n) is 4.72. The van der Waals surface area contributed by atoms with Gasteiger partial charge in [0.2, 0.25) is 0 Å². The van der Waals surface area contributed by atoms with Crippen molar-refractivity contribution in [3.05, 3.63) is 11.4 Å². The van der Waals surface area contributed by atoms with Gasteiger partial charge in [-0.3, -0.25) is 5.10 Å². The van der Waals surface area contributed by atoms with Gasteiger partial charge in [-0.25, -0.2) is 0 Å². The highest BCUT2D eigenvalue weighted by molar-refractivity contribution is 5.51. The number of hydrogen-bond donors (Lipinski definition) is 2. The van der Waals surface area contributed by atoms with Crippen LogP contribution < -0.4 is 5.32 Å². The van der Waals surface area contributed by atoms with Crippen molar-refractivity contribution in [3.63, 3.8) is 0 Å². The van der Waals surface area contributed by atoms with E-state index in [0.717, 1.165) is 23.6 Å². The van der Waals surface area contributed by atoms with E-state index in [-0.39, 0.29) is 0 Å². The molecule has 0 amide bonds. The first-order valence-electron chi connectivity index (χ1n) is 4.65. The lowest BCUT2D eigenvalue weighted by Crippen LogP contribution is -2.19. The molecule has 3 nitrogen and oxygen atoms in total. The fourth-order valence-corrected chi connectivity index (χ4v) is 1.16. The van der Waals surface area contributed by atoms with Crippen LogP contribution in [0.15, 0.2) is 0 Å². The summed E-state index contributed by atoms with van der Waals surface area (Å²) in [5, 5.41) is 10.5. The molecular weight excluding hydrogens is 162 g/mol. The number of nitrogens with one attached hydrogen (secondary N) is 2. The molecule has 1 aromatic heterocycles. The highest BCUT2D eigenvalue weighted by Crippen LogP contribution is 2.19. The van der Waals surface area contributed by atoms with Crippen LogP contribution >= 0.6 is 0 Å². The summed E-state index contributed by atoms with van der Waals surface area (Å²) in [6.45, 7) is 11.6. The van der Waals surface area contributed by atoms with Crippen LogP contribution in [0, 0.1) is 19.3 Å². The molecular formula is C10H19N3. The summed E-state index contributed by atoms with van der Waals surface area (Å²) in [4.78, 5) is 0. The third-order valence-electron chi connectivity index (χ3n) is 1.92. The molecule has 1 heterocycles. The van der Waals surface area contributed by atoms with E-state index in [4.69, 9.17) is 0 Å². The molecule has 0 aliphatic carbocycles. The van der Waals surface area contributed by atoms with Gasteiger partial charge in [0.15, 0.2) is 0 Å². The summed E-state index contributed by atoms with van der Waals surface area (Å²) in [5.41, 5.74) is 3.61. The molecule has 74 valence electrons. The summed E-state index contributed by atoms with van der Waals surface area (Å²) in [5.74, 6) is 0. The Morgan fingerprint density at radius 2 is 1.92 bits per heavy atom. The molecule has 13 heavy (non-hydrogen) atoms. The second kappa shape index (κ2) is 3.40. The number of rotatable bonds is 2. The number of hydrogen-bond acceptors (Lipinski definition) is 2. The first-order chi connectivity index (χ1) is 5.90. The highest BCUT2D eigenvalue weighted by Gasteiger charge is 2.12. The molecule has 0 bridgehead atoms. The lowest BCUT2D eigenvalue weighted by atomic mass is 9.97. The molecule has 0 radical (unpaired) electrons. The molecule has 0 fully saturated rings. The van der Waals surface area contributed by atoms with E-state index in [9.17, 15) is 0 Å². The van der Waals surface area contributed by atoms with Crippen molar-refractivity contribution in [2.45, 2.75) is 34.6 Å². The Balaban J connectivity index is 2.64.